The van der Waals surface area contributed by atoms with Crippen LogP contribution in [0.2, 0.25) is 0 Å². The second kappa shape index (κ2) is 4.82. The molecule has 3 heterocycles. The molecule has 1 aromatic heterocycles. The van der Waals surface area contributed by atoms with Gasteiger partial charge in [0.15, 0.2) is 5.13 Å². The van der Waals surface area contributed by atoms with Gasteiger partial charge < -0.3 is 15.2 Å². The fraction of sp³-hybridized carbons (Fsp3) is 0.500. The van der Waals surface area contributed by atoms with Crippen molar-refractivity contribution in [2.24, 2.45) is 0 Å². The van der Waals surface area contributed by atoms with Crippen LogP contribution in [0, 0.1) is 0 Å². The number of carbonyl (C=O) groups is 1. The molecule has 6 nitrogen and oxygen atoms in total. The lowest BCUT2D eigenvalue weighted by Crippen LogP contribution is -2.43. The van der Waals surface area contributed by atoms with Crippen molar-refractivity contribution in [3.63, 3.8) is 0 Å². The molecule has 1 aliphatic carbocycles. The van der Waals surface area contributed by atoms with Crippen LogP contribution in [0.4, 0.5) is 9.93 Å². The average Bonchev–Trinajstić information content (AvgIpc) is 3.20. The summed E-state index contributed by atoms with van der Waals surface area (Å²) in [4.78, 5) is 18.9. The Balaban J connectivity index is 1.58. The third-order valence-corrected chi connectivity index (χ3v) is 6.10. The number of benzene rings is 1. The summed E-state index contributed by atoms with van der Waals surface area (Å²) in [5.41, 5.74) is 2.09. The summed E-state index contributed by atoms with van der Waals surface area (Å²) in [5, 5.41) is 13.7. The highest BCUT2D eigenvalue weighted by atomic mass is 32.1. The average molecular weight is 331 g/mol. The van der Waals surface area contributed by atoms with Gasteiger partial charge in [-0.1, -0.05) is 11.3 Å². The third-order valence-electron chi connectivity index (χ3n) is 5.08. The molecule has 23 heavy (non-hydrogen) atoms. The molecule has 0 unspecified atom stereocenters. The Morgan fingerprint density at radius 3 is 3.22 bits per heavy atom. The third kappa shape index (κ3) is 1.96. The van der Waals surface area contributed by atoms with Crippen molar-refractivity contribution in [2.75, 3.05) is 11.5 Å². The second-order valence-corrected chi connectivity index (χ2v) is 7.45. The van der Waals surface area contributed by atoms with Crippen molar-refractivity contribution < 1.29 is 14.6 Å². The van der Waals surface area contributed by atoms with Crippen molar-refractivity contribution in [1.82, 2.24) is 10.3 Å². The van der Waals surface area contributed by atoms with E-state index in [0.29, 0.717) is 13.0 Å². The Labute approximate surface area is 137 Å². The van der Waals surface area contributed by atoms with E-state index in [1.165, 1.54) is 11.3 Å². The number of aliphatic hydroxyl groups excluding tert-OH is 1. The summed E-state index contributed by atoms with van der Waals surface area (Å²) in [6.07, 6.45) is 2.72. The van der Waals surface area contributed by atoms with E-state index >= 15 is 0 Å². The van der Waals surface area contributed by atoms with Crippen molar-refractivity contribution in [3.05, 3.63) is 17.7 Å². The maximum Gasteiger partial charge on any atom is 0.324 e. The summed E-state index contributed by atoms with van der Waals surface area (Å²) in [6.45, 7) is 0.697. The second-order valence-electron chi connectivity index (χ2n) is 6.44. The lowest BCUT2D eigenvalue weighted by molar-refractivity contribution is 0.114. The van der Waals surface area contributed by atoms with Gasteiger partial charge in [0, 0.05) is 12.0 Å². The molecule has 0 spiro atoms. The van der Waals surface area contributed by atoms with Crippen LogP contribution in [-0.2, 0) is 6.42 Å². The highest BCUT2D eigenvalue weighted by Crippen LogP contribution is 2.40. The summed E-state index contributed by atoms with van der Waals surface area (Å²) in [6, 6.07) is 4.02. The van der Waals surface area contributed by atoms with Crippen LogP contribution >= 0.6 is 11.3 Å². The van der Waals surface area contributed by atoms with Crippen LogP contribution in [-0.4, -0.2) is 40.9 Å². The van der Waals surface area contributed by atoms with Gasteiger partial charge in [-0.25, -0.2) is 9.78 Å². The summed E-state index contributed by atoms with van der Waals surface area (Å²) < 4.78 is 6.68. The van der Waals surface area contributed by atoms with Gasteiger partial charge in [0.1, 0.15) is 5.75 Å². The maximum atomic E-state index is 12.4. The van der Waals surface area contributed by atoms with Crippen molar-refractivity contribution >= 4 is 32.7 Å². The van der Waals surface area contributed by atoms with Crippen LogP contribution in [0.15, 0.2) is 12.1 Å². The molecule has 2 fully saturated rings. The minimum Gasteiger partial charge on any atom is -0.493 e. The summed E-state index contributed by atoms with van der Waals surface area (Å²) >= 11 is 1.54. The number of anilines is 1. The molecule has 7 heteroatoms. The number of thiazole rings is 1. The minimum atomic E-state index is -0.335. The molecular formula is C16H17N3O3S. The number of fused-ring (bicyclic) bond motifs is 4. The van der Waals surface area contributed by atoms with Crippen LogP contribution in [0.3, 0.4) is 0 Å². The summed E-state index contributed by atoms with van der Waals surface area (Å²) in [7, 11) is 0. The monoisotopic (exact) mass is 331 g/mol. The van der Waals surface area contributed by atoms with Crippen molar-refractivity contribution in [1.29, 1.82) is 0 Å². The van der Waals surface area contributed by atoms with Crippen LogP contribution in [0.1, 0.15) is 24.8 Å². The first-order valence-electron chi connectivity index (χ1n) is 8.04. The van der Waals surface area contributed by atoms with Crippen LogP contribution < -0.4 is 15.0 Å². The molecular weight excluding hydrogens is 314 g/mol. The fourth-order valence-corrected chi connectivity index (χ4v) is 5.00. The van der Waals surface area contributed by atoms with Gasteiger partial charge in [0.2, 0.25) is 0 Å². The number of hydrogen-bond donors (Lipinski definition) is 2. The van der Waals surface area contributed by atoms with Gasteiger partial charge >= 0.3 is 6.03 Å². The zero-order valence-electron chi connectivity index (χ0n) is 12.5. The molecule has 1 aromatic carbocycles. The van der Waals surface area contributed by atoms with Gasteiger partial charge in [-0.2, -0.15) is 0 Å². The lowest BCUT2D eigenvalue weighted by atomic mass is 9.89. The predicted octanol–water partition coefficient (Wildman–Crippen LogP) is 2.04. The van der Waals surface area contributed by atoms with Gasteiger partial charge in [-0.3, -0.25) is 4.90 Å². The number of amides is 2. The molecule has 3 atom stereocenters. The largest absolute Gasteiger partial charge is 0.493 e. The molecule has 5 rings (SSSR count). The number of aromatic nitrogens is 1. The predicted molar refractivity (Wildman–Crippen MR) is 87.3 cm³/mol. The first-order valence-corrected chi connectivity index (χ1v) is 8.85. The lowest BCUT2D eigenvalue weighted by Gasteiger charge is -2.31. The van der Waals surface area contributed by atoms with E-state index in [0.717, 1.165) is 45.9 Å². The Hall–Kier alpha value is -1.86. The number of rotatable bonds is 1. The zero-order chi connectivity index (χ0) is 15.6. The topological polar surface area (TPSA) is 74.7 Å². The first kappa shape index (κ1) is 13.6. The number of ether oxygens (including phenoxy) is 1. The van der Waals surface area contributed by atoms with E-state index < -0.39 is 0 Å². The molecule has 120 valence electrons. The number of hydrogen-bond acceptors (Lipinski definition) is 5. The van der Waals surface area contributed by atoms with Gasteiger partial charge in [-0.05, 0) is 31.4 Å². The minimum absolute atomic E-state index is 0.00360. The van der Waals surface area contributed by atoms with Gasteiger partial charge in [-0.15, -0.1) is 0 Å². The molecule has 2 aliphatic heterocycles. The molecule has 2 amide bonds. The van der Waals surface area contributed by atoms with E-state index in [9.17, 15) is 9.90 Å². The number of nitrogens with one attached hydrogen (secondary N) is 1. The molecule has 1 saturated heterocycles. The van der Waals surface area contributed by atoms with E-state index in [1.54, 1.807) is 4.90 Å². The molecule has 3 aliphatic rings. The molecule has 0 bridgehead atoms. The smallest absolute Gasteiger partial charge is 0.324 e. The zero-order valence-corrected chi connectivity index (χ0v) is 13.3. The Kier molecular flexibility index (Phi) is 2.84. The number of nitrogens with zero attached hydrogens (tertiary/aromatic N) is 2. The Morgan fingerprint density at radius 2 is 2.30 bits per heavy atom. The van der Waals surface area contributed by atoms with Gasteiger partial charge in [0.25, 0.3) is 0 Å². The first-order chi connectivity index (χ1) is 11.2. The van der Waals surface area contributed by atoms with E-state index in [-0.39, 0.29) is 24.2 Å². The van der Waals surface area contributed by atoms with Gasteiger partial charge in [0.05, 0.1) is 35.0 Å². The SMILES string of the molecule is O=C1N[C@H]2CC[C@@H](O)C[C@H]2N1c1nc2c3c(ccc2s1)OCC3. The molecule has 0 radical (unpaired) electrons. The van der Waals surface area contributed by atoms with Crippen molar-refractivity contribution in [2.45, 2.75) is 43.9 Å². The van der Waals surface area contributed by atoms with E-state index in [2.05, 4.69) is 5.32 Å². The number of aliphatic hydroxyl groups is 1. The highest BCUT2D eigenvalue weighted by molar-refractivity contribution is 7.22. The Bertz CT molecular complexity index is 805. The molecule has 2 aromatic rings. The highest BCUT2D eigenvalue weighted by Gasteiger charge is 2.44. The number of urea groups is 1. The van der Waals surface area contributed by atoms with Crippen LogP contribution in [0.5, 0.6) is 5.75 Å². The quantitative estimate of drug-likeness (QED) is 0.839. The van der Waals surface area contributed by atoms with E-state index in [1.807, 2.05) is 12.1 Å². The summed E-state index contributed by atoms with van der Waals surface area (Å²) in [5.74, 6) is 0.909. The Morgan fingerprint density at radius 1 is 1.39 bits per heavy atom. The fourth-order valence-electron chi connectivity index (χ4n) is 3.95. The van der Waals surface area contributed by atoms with E-state index in [4.69, 9.17) is 9.72 Å². The standard InChI is InChI=1S/C16H17N3O3S/c20-8-1-2-10-11(7-8)19(15(21)17-10)16-18-14-9-5-6-22-12(9)3-4-13(14)23-16/h3-4,8,10-11,20H,1-2,5-7H2,(H,17,21)/t8-,10+,11-/m1/s1. The maximum absolute atomic E-state index is 12.4. The molecule has 2 N–H and O–H groups in total. The normalized spacial score (nSPS) is 29.3. The van der Waals surface area contributed by atoms with Crippen molar-refractivity contribution in [3.8, 4) is 5.75 Å². The molecule has 1 saturated carbocycles. The number of carbonyl (C=O) groups excluding carboxylic acids is 1. The van der Waals surface area contributed by atoms with Crippen LogP contribution in [0.25, 0.3) is 10.2 Å².